The van der Waals surface area contributed by atoms with Gasteiger partial charge in [-0.25, -0.2) is 0 Å². The van der Waals surface area contributed by atoms with Crippen LogP contribution in [0, 0.1) is 23.2 Å². The molecule has 4 rings (SSSR count). The zero-order valence-electron chi connectivity index (χ0n) is 7.99. The molecule has 4 saturated carbocycles. The molecule has 14 heavy (non-hydrogen) atoms. The summed E-state index contributed by atoms with van der Waals surface area (Å²) in [6, 6.07) is 0. The quantitative estimate of drug-likeness (QED) is 0.556. The summed E-state index contributed by atoms with van der Waals surface area (Å²) in [5, 5.41) is 11.1. The summed E-state index contributed by atoms with van der Waals surface area (Å²) in [6.45, 7) is 0. The fraction of sp³-hybridized carbons (Fsp3) is 0.818. The first-order valence-electron chi connectivity index (χ1n) is 5.37. The molecule has 2 atom stereocenters. The smallest absolute Gasteiger partial charge is 0.147 e. The fourth-order valence-corrected chi connectivity index (χ4v) is 4.04. The van der Waals surface area contributed by atoms with Gasteiger partial charge >= 0.3 is 0 Å². The van der Waals surface area contributed by atoms with Gasteiger partial charge in [0.05, 0.1) is 11.4 Å². The maximum Gasteiger partial charge on any atom is 0.147 e. The molecule has 0 spiro atoms. The number of carbonyl (C=O) groups is 2. The van der Waals surface area contributed by atoms with Gasteiger partial charge in [0.25, 0.3) is 0 Å². The van der Waals surface area contributed by atoms with Gasteiger partial charge in [-0.3, -0.25) is 4.79 Å². The Hall–Kier alpha value is -0.860. The van der Waals surface area contributed by atoms with Crippen LogP contribution in [0.2, 0.25) is 0 Å². The lowest BCUT2D eigenvalue weighted by atomic mass is 9.49. The predicted molar refractivity (Wildman–Crippen MR) is 46.0 cm³/mol. The van der Waals surface area contributed by atoms with Crippen molar-refractivity contribution in [1.82, 2.24) is 0 Å². The Bertz CT molecular complexity index is 306. The van der Waals surface area contributed by atoms with Gasteiger partial charge in [0.2, 0.25) is 0 Å². The van der Waals surface area contributed by atoms with E-state index in [0.717, 1.165) is 19.3 Å². The summed E-state index contributed by atoms with van der Waals surface area (Å²) in [7, 11) is 0. The second kappa shape index (κ2) is 2.38. The highest BCUT2D eigenvalue weighted by atomic mass is 16.4. The highest BCUT2D eigenvalue weighted by Gasteiger charge is 2.57. The fourth-order valence-electron chi connectivity index (χ4n) is 4.04. The third-order valence-electron chi connectivity index (χ3n) is 4.41. The van der Waals surface area contributed by atoms with Crippen LogP contribution in [0.4, 0.5) is 0 Å². The molecule has 3 nitrogen and oxygen atoms in total. The number of hydrogen-bond donors (Lipinski definition) is 0. The Balaban J connectivity index is 2.05. The minimum Gasteiger partial charge on any atom is -0.549 e. The van der Waals surface area contributed by atoms with Gasteiger partial charge in [-0.2, -0.15) is 0 Å². The highest BCUT2D eigenvalue weighted by Crippen LogP contribution is 2.57. The third-order valence-corrected chi connectivity index (χ3v) is 4.41. The number of carboxylic acid groups (broad SMARTS) is 1. The summed E-state index contributed by atoms with van der Waals surface area (Å²) in [6.07, 6.45) is 4.12. The lowest BCUT2D eigenvalue weighted by molar-refractivity contribution is -0.321. The van der Waals surface area contributed by atoms with Crippen molar-refractivity contribution in [2.75, 3.05) is 0 Å². The van der Waals surface area contributed by atoms with Gasteiger partial charge in [-0.1, -0.05) is 0 Å². The van der Waals surface area contributed by atoms with E-state index in [4.69, 9.17) is 0 Å². The van der Waals surface area contributed by atoms with Gasteiger partial charge in [0, 0.05) is 5.92 Å². The van der Waals surface area contributed by atoms with Gasteiger partial charge in [0.1, 0.15) is 5.78 Å². The topological polar surface area (TPSA) is 57.2 Å². The number of carboxylic acids is 1. The normalized spacial score (nSPS) is 49.7. The van der Waals surface area contributed by atoms with E-state index in [1.807, 2.05) is 0 Å². The van der Waals surface area contributed by atoms with Crippen LogP contribution < -0.4 is 5.11 Å². The van der Waals surface area contributed by atoms with Crippen molar-refractivity contribution in [3.8, 4) is 0 Å². The van der Waals surface area contributed by atoms with Crippen LogP contribution in [0.25, 0.3) is 0 Å². The maximum atomic E-state index is 11.9. The molecule has 0 aromatic carbocycles. The molecular formula is C11H13O3-. The summed E-state index contributed by atoms with van der Waals surface area (Å²) >= 11 is 0. The molecule has 0 heterocycles. The van der Waals surface area contributed by atoms with E-state index in [9.17, 15) is 14.7 Å². The van der Waals surface area contributed by atoms with Crippen LogP contribution in [0.1, 0.15) is 32.1 Å². The van der Waals surface area contributed by atoms with Gasteiger partial charge < -0.3 is 9.90 Å². The number of Topliss-reactive ketones (excluding diaryl/α,β-unsaturated/α-hetero) is 1. The minimum atomic E-state index is -1.11. The van der Waals surface area contributed by atoms with Crippen molar-refractivity contribution in [1.29, 1.82) is 0 Å². The number of rotatable bonds is 1. The van der Waals surface area contributed by atoms with E-state index < -0.39 is 11.4 Å². The molecule has 0 aromatic heterocycles. The van der Waals surface area contributed by atoms with Crippen molar-refractivity contribution < 1.29 is 14.7 Å². The molecule has 0 unspecified atom stereocenters. The second-order valence-electron chi connectivity index (χ2n) is 5.28. The molecule has 0 aliphatic heterocycles. The van der Waals surface area contributed by atoms with E-state index in [0.29, 0.717) is 24.7 Å². The molecule has 4 fully saturated rings. The SMILES string of the molecule is O=C([O-])C12C[C@H]3CC(C[C@@H](C3)C1)C2=O. The highest BCUT2D eigenvalue weighted by molar-refractivity contribution is 6.04. The van der Waals surface area contributed by atoms with Gasteiger partial charge in [-0.05, 0) is 43.9 Å². The number of aliphatic carboxylic acids is 1. The van der Waals surface area contributed by atoms with Crippen molar-refractivity contribution in [2.24, 2.45) is 23.2 Å². The van der Waals surface area contributed by atoms with Crippen LogP contribution in [0.5, 0.6) is 0 Å². The van der Waals surface area contributed by atoms with E-state index in [1.165, 1.54) is 0 Å². The molecule has 0 saturated heterocycles. The van der Waals surface area contributed by atoms with E-state index in [-0.39, 0.29) is 11.7 Å². The van der Waals surface area contributed by atoms with E-state index in [2.05, 4.69) is 0 Å². The molecule has 0 aromatic rings. The number of carbonyl (C=O) groups excluding carboxylic acids is 2. The van der Waals surface area contributed by atoms with Crippen LogP contribution in [0.3, 0.4) is 0 Å². The average molecular weight is 193 g/mol. The molecular weight excluding hydrogens is 180 g/mol. The molecule has 0 N–H and O–H groups in total. The van der Waals surface area contributed by atoms with Crippen LogP contribution >= 0.6 is 0 Å². The summed E-state index contributed by atoms with van der Waals surface area (Å²) < 4.78 is 0. The molecule has 4 aliphatic rings. The van der Waals surface area contributed by atoms with Crippen LogP contribution in [0.15, 0.2) is 0 Å². The van der Waals surface area contributed by atoms with Gasteiger partial charge in [0.15, 0.2) is 0 Å². The third kappa shape index (κ3) is 0.830. The molecule has 3 heteroatoms. The van der Waals surface area contributed by atoms with Crippen molar-refractivity contribution in [2.45, 2.75) is 32.1 Å². The standard InChI is InChI=1S/C11H14O3/c12-9-8-2-6-1-7(3-8)5-11(9,4-6)10(13)14/h6-8H,1-5H2,(H,13,14)/p-1/t6-,7-,8?,11?/m1/s1. The Morgan fingerprint density at radius 2 is 1.79 bits per heavy atom. The molecule has 0 radical (unpaired) electrons. The Labute approximate surface area is 82.5 Å². The zero-order valence-corrected chi connectivity index (χ0v) is 7.99. The Kier molecular flexibility index (Phi) is 1.44. The van der Waals surface area contributed by atoms with Crippen LogP contribution in [-0.2, 0) is 9.59 Å². The predicted octanol–water partition coefficient (Wildman–Crippen LogP) is 0.132. The lowest BCUT2D eigenvalue weighted by Gasteiger charge is -2.55. The van der Waals surface area contributed by atoms with Crippen molar-refractivity contribution >= 4 is 11.8 Å². The maximum absolute atomic E-state index is 11.9. The zero-order chi connectivity index (χ0) is 9.92. The van der Waals surface area contributed by atoms with Crippen molar-refractivity contribution in [3.63, 3.8) is 0 Å². The minimum absolute atomic E-state index is 0.0234. The summed E-state index contributed by atoms with van der Waals surface area (Å²) in [5.74, 6) is -0.142. The molecule has 0 amide bonds. The lowest BCUT2D eigenvalue weighted by Crippen LogP contribution is -2.60. The summed E-state index contributed by atoms with van der Waals surface area (Å²) in [4.78, 5) is 23.0. The van der Waals surface area contributed by atoms with Crippen LogP contribution in [-0.4, -0.2) is 11.8 Å². The number of ketones is 1. The first-order valence-corrected chi connectivity index (χ1v) is 5.37. The first-order chi connectivity index (χ1) is 6.62. The van der Waals surface area contributed by atoms with Gasteiger partial charge in [-0.15, -0.1) is 0 Å². The Morgan fingerprint density at radius 3 is 2.29 bits per heavy atom. The largest absolute Gasteiger partial charge is 0.549 e. The average Bonchev–Trinajstić information content (AvgIpc) is 2.12. The number of hydrogen-bond acceptors (Lipinski definition) is 3. The van der Waals surface area contributed by atoms with Crippen molar-refractivity contribution in [3.05, 3.63) is 0 Å². The first kappa shape index (κ1) is 8.45. The second-order valence-corrected chi connectivity index (χ2v) is 5.28. The van der Waals surface area contributed by atoms with E-state index in [1.54, 1.807) is 0 Å². The molecule has 76 valence electrons. The molecule has 4 bridgehead atoms. The Morgan fingerprint density at radius 1 is 1.21 bits per heavy atom. The van der Waals surface area contributed by atoms with E-state index >= 15 is 0 Å². The molecule has 4 aliphatic carbocycles. The summed E-state index contributed by atoms with van der Waals surface area (Å²) in [5.41, 5.74) is -1.07. The monoisotopic (exact) mass is 193 g/mol.